The van der Waals surface area contributed by atoms with Crippen LogP contribution < -0.4 is 15.0 Å². The fraction of sp³-hybridized carbons (Fsp3) is 0.0500. The molecule has 29 heavy (non-hydrogen) atoms. The van der Waals surface area contributed by atoms with Crippen molar-refractivity contribution in [3.63, 3.8) is 0 Å². The smallest absolute Gasteiger partial charge is 0.270 e. The van der Waals surface area contributed by atoms with Gasteiger partial charge in [0.15, 0.2) is 5.11 Å². The first kappa shape index (κ1) is 21.7. The van der Waals surface area contributed by atoms with Gasteiger partial charge in [0.2, 0.25) is 0 Å². The molecule has 148 valence electrons. The molecule has 0 saturated carbocycles. The molecule has 0 aliphatic carbocycles. The summed E-state index contributed by atoms with van der Waals surface area (Å²) in [5.74, 6) is -0.500. The zero-order chi connectivity index (χ0) is 21.1. The number of nitrogens with zero attached hydrogens (tertiary/aromatic N) is 1. The van der Waals surface area contributed by atoms with E-state index in [4.69, 9.17) is 28.6 Å². The fourth-order valence-electron chi connectivity index (χ4n) is 2.59. The van der Waals surface area contributed by atoms with Crippen molar-refractivity contribution in [2.75, 3.05) is 11.5 Å². The van der Waals surface area contributed by atoms with Gasteiger partial charge in [-0.05, 0) is 92.1 Å². The van der Waals surface area contributed by atoms with E-state index < -0.39 is 11.8 Å². The van der Waals surface area contributed by atoms with Gasteiger partial charge in [0, 0.05) is 5.02 Å². The SMILES string of the molecule is C=CCOc1c(Br)cc(/C=C2\C(=O)NC(=S)N(c3ccc(Cl)cc3)C2=O)cc1Br. The Morgan fingerprint density at radius 3 is 2.38 bits per heavy atom. The molecule has 0 unspecified atom stereocenters. The summed E-state index contributed by atoms with van der Waals surface area (Å²) in [6.07, 6.45) is 3.13. The molecule has 2 aromatic rings. The van der Waals surface area contributed by atoms with Crippen LogP contribution in [0.5, 0.6) is 5.75 Å². The third-order valence-corrected chi connectivity index (χ3v) is 5.58. The van der Waals surface area contributed by atoms with Crippen LogP contribution in [0.2, 0.25) is 5.02 Å². The number of amides is 2. The highest BCUT2D eigenvalue weighted by atomic mass is 79.9. The van der Waals surface area contributed by atoms with Gasteiger partial charge in [0.1, 0.15) is 17.9 Å². The maximum Gasteiger partial charge on any atom is 0.270 e. The Hall–Kier alpha value is -2.00. The molecule has 1 fully saturated rings. The third-order valence-electron chi connectivity index (χ3n) is 3.86. The van der Waals surface area contributed by atoms with Crippen LogP contribution in [0.15, 0.2) is 63.6 Å². The molecule has 0 spiro atoms. The second-order valence-electron chi connectivity index (χ2n) is 5.85. The molecule has 1 aliphatic rings. The number of nitrogens with one attached hydrogen (secondary N) is 1. The number of halogens is 3. The van der Waals surface area contributed by atoms with Crippen LogP contribution in [-0.2, 0) is 9.59 Å². The molecule has 1 saturated heterocycles. The maximum atomic E-state index is 13.0. The summed E-state index contributed by atoms with van der Waals surface area (Å²) >= 11 is 18.0. The van der Waals surface area contributed by atoms with E-state index in [1.165, 1.54) is 11.0 Å². The minimum atomic E-state index is -0.565. The molecule has 0 aromatic heterocycles. The Morgan fingerprint density at radius 1 is 1.17 bits per heavy atom. The topological polar surface area (TPSA) is 58.6 Å². The lowest BCUT2D eigenvalue weighted by molar-refractivity contribution is -0.122. The zero-order valence-electron chi connectivity index (χ0n) is 14.7. The lowest BCUT2D eigenvalue weighted by Crippen LogP contribution is -2.54. The zero-order valence-corrected chi connectivity index (χ0v) is 19.5. The van der Waals surface area contributed by atoms with E-state index in [-0.39, 0.29) is 10.7 Å². The van der Waals surface area contributed by atoms with Crippen molar-refractivity contribution in [1.82, 2.24) is 5.32 Å². The summed E-state index contributed by atoms with van der Waals surface area (Å²) in [6, 6.07) is 10.1. The van der Waals surface area contributed by atoms with Crippen LogP contribution in [0.4, 0.5) is 5.69 Å². The summed E-state index contributed by atoms with van der Waals surface area (Å²) in [6.45, 7) is 3.96. The quantitative estimate of drug-likeness (QED) is 0.236. The van der Waals surface area contributed by atoms with E-state index in [2.05, 4.69) is 43.8 Å². The number of hydrogen-bond acceptors (Lipinski definition) is 4. The molecule has 1 heterocycles. The molecule has 0 radical (unpaired) electrons. The van der Waals surface area contributed by atoms with Crippen molar-refractivity contribution < 1.29 is 14.3 Å². The number of hydrogen-bond donors (Lipinski definition) is 1. The Bertz CT molecular complexity index is 1030. The molecule has 3 rings (SSSR count). The Labute approximate surface area is 194 Å². The second kappa shape index (κ2) is 9.21. The predicted octanol–water partition coefficient (Wildman–Crippen LogP) is 5.26. The van der Waals surface area contributed by atoms with Gasteiger partial charge in [-0.1, -0.05) is 24.3 Å². The van der Waals surface area contributed by atoms with Crippen molar-refractivity contribution in [2.45, 2.75) is 0 Å². The molecule has 5 nitrogen and oxygen atoms in total. The largest absolute Gasteiger partial charge is 0.487 e. The van der Waals surface area contributed by atoms with Gasteiger partial charge in [-0.3, -0.25) is 19.8 Å². The molecule has 0 atom stereocenters. The first-order valence-electron chi connectivity index (χ1n) is 8.21. The first-order valence-corrected chi connectivity index (χ1v) is 10.6. The van der Waals surface area contributed by atoms with Crippen LogP contribution in [0.1, 0.15) is 5.56 Å². The molecule has 1 aliphatic heterocycles. The van der Waals surface area contributed by atoms with Crippen LogP contribution in [0.25, 0.3) is 6.08 Å². The van der Waals surface area contributed by atoms with Gasteiger partial charge in [-0.25, -0.2) is 0 Å². The molecule has 2 aromatic carbocycles. The Morgan fingerprint density at radius 2 is 1.79 bits per heavy atom. The van der Waals surface area contributed by atoms with E-state index in [0.29, 0.717) is 37.6 Å². The first-order chi connectivity index (χ1) is 13.8. The molecule has 9 heteroatoms. The average molecular weight is 557 g/mol. The van der Waals surface area contributed by atoms with Gasteiger partial charge in [-0.2, -0.15) is 0 Å². The molecule has 2 amide bonds. The Balaban J connectivity index is 1.98. The van der Waals surface area contributed by atoms with Gasteiger partial charge >= 0.3 is 0 Å². The van der Waals surface area contributed by atoms with Crippen molar-refractivity contribution in [1.29, 1.82) is 0 Å². The highest BCUT2D eigenvalue weighted by Gasteiger charge is 2.34. The van der Waals surface area contributed by atoms with Crippen molar-refractivity contribution in [3.05, 3.63) is 74.2 Å². The highest BCUT2D eigenvalue weighted by molar-refractivity contribution is 9.11. The average Bonchev–Trinajstić information content (AvgIpc) is 2.66. The van der Waals surface area contributed by atoms with Gasteiger partial charge in [0.25, 0.3) is 11.8 Å². The van der Waals surface area contributed by atoms with Crippen LogP contribution in [0, 0.1) is 0 Å². The van der Waals surface area contributed by atoms with Crippen molar-refractivity contribution in [3.8, 4) is 5.75 Å². The van der Waals surface area contributed by atoms with Gasteiger partial charge in [-0.15, -0.1) is 0 Å². The third kappa shape index (κ3) is 4.78. The van der Waals surface area contributed by atoms with Crippen LogP contribution in [0.3, 0.4) is 0 Å². The van der Waals surface area contributed by atoms with Gasteiger partial charge in [0.05, 0.1) is 14.6 Å². The minimum Gasteiger partial charge on any atom is -0.487 e. The molecular formula is C20H13Br2ClN2O3S. The molecule has 1 N–H and O–H groups in total. The van der Waals surface area contributed by atoms with E-state index in [1.54, 1.807) is 42.5 Å². The lowest BCUT2D eigenvalue weighted by Gasteiger charge is -2.29. The number of carbonyl (C=O) groups excluding carboxylic acids is 2. The minimum absolute atomic E-state index is 0.00927. The van der Waals surface area contributed by atoms with E-state index in [1.807, 2.05) is 0 Å². The van der Waals surface area contributed by atoms with Crippen molar-refractivity contribution >= 4 is 84.4 Å². The van der Waals surface area contributed by atoms with Gasteiger partial charge < -0.3 is 4.74 Å². The predicted molar refractivity (Wildman–Crippen MR) is 125 cm³/mol. The summed E-state index contributed by atoms with van der Waals surface area (Å²) in [4.78, 5) is 26.7. The summed E-state index contributed by atoms with van der Waals surface area (Å²) < 4.78 is 6.91. The maximum absolute atomic E-state index is 13.0. The molecular weight excluding hydrogens is 544 g/mol. The van der Waals surface area contributed by atoms with Crippen LogP contribution >= 0.6 is 55.7 Å². The number of carbonyl (C=O) groups is 2. The number of thiocarbonyl (C=S) groups is 1. The number of rotatable bonds is 5. The Kier molecular flexibility index (Phi) is 6.89. The summed E-state index contributed by atoms with van der Waals surface area (Å²) in [7, 11) is 0. The summed E-state index contributed by atoms with van der Waals surface area (Å²) in [5.41, 5.74) is 1.08. The summed E-state index contributed by atoms with van der Waals surface area (Å²) in [5, 5.41) is 3.08. The molecule has 0 bridgehead atoms. The fourth-order valence-corrected chi connectivity index (χ4v) is 4.45. The lowest BCUT2D eigenvalue weighted by atomic mass is 10.1. The van der Waals surface area contributed by atoms with E-state index >= 15 is 0 Å². The van der Waals surface area contributed by atoms with Crippen LogP contribution in [-0.4, -0.2) is 23.5 Å². The second-order valence-corrected chi connectivity index (χ2v) is 8.38. The van der Waals surface area contributed by atoms with E-state index in [0.717, 1.165) is 0 Å². The standard InChI is InChI=1S/C20H13Br2ClN2O3S/c1-2-7-28-17-15(21)9-11(10-16(17)22)8-14-18(26)24-20(29)25(19(14)27)13-5-3-12(23)4-6-13/h2-6,8-10H,1,7H2,(H,24,26,29)/b14-8+. The number of benzene rings is 2. The van der Waals surface area contributed by atoms with E-state index in [9.17, 15) is 9.59 Å². The number of anilines is 1. The monoisotopic (exact) mass is 554 g/mol. The number of ether oxygens (including phenoxy) is 1. The normalized spacial score (nSPS) is 15.5. The van der Waals surface area contributed by atoms with Crippen molar-refractivity contribution in [2.24, 2.45) is 0 Å². The highest BCUT2D eigenvalue weighted by Crippen LogP contribution is 2.35.